The smallest absolute Gasteiger partial charge is 0.251 e. The zero-order valence-corrected chi connectivity index (χ0v) is 12.5. The van der Waals surface area contributed by atoms with Gasteiger partial charge in [0, 0.05) is 6.04 Å². The van der Waals surface area contributed by atoms with Gasteiger partial charge in [0.05, 0.1) is 18.2 Å². The highest BCUT2D eigenvalue weighted by Crippen LogP contribution is 2.30. The molecule has 0 aromatic heterocycles. The summed E-state index contributed by atoms with van der Waals surface area (Å²) in [5.41, 5.74) is 0.694. The molecule has 2 atom stereocenters. The largest absolute Gasteiger partial charge is 0.289 e. The predicted molar refractivity (Wildman–Crippen MR) is 82.0 cm³/mol. The molecule has 0 N–H and O–H groups in total. The number of carbonyl (C=O) groups excluding carboxylic acids is 2. The Morgan fingerprint density at radius 3 is 2.62 bits per heavy atom. The maximum atomic E-state index is 12.7. The van der Waals surface area contributed by atoms with Crippen LogP contribution in [0, 0.1) is 0 Å². The van der Waals surface area contributed by atoms with Crippen LogP contribution in [0.4, 0.5) is 5.69 Å². The monoisotopic (exact) mass is 286 g/mol. The van der Waals surface area contributed by atoms with E-state index in [0.717, 1.165) is 25.8 Å². The molecule has 21 heavy (non-hydrogen) atoms. The highest BCUT2D eigenvalue weighted by atomic mass is 16.2. The van der Waals surface area contributed by atoms with Gasteiger partial charge >= 0.3 is 0 Å². The molecule has 1 aromatic carbocycles. The summed E-state index contributed by atoms with van der Waals surface area (Å²) in [6.07, 6.45) is 4.86. The van der Waals surface area contributed by atoms with Gasteiger partial charge < -0.3 is 0 Å². The molecular formula is C17H22N2O2. The molecule has 112 valence electrons. The Balaban J connectivity index is 1.83. The number of carbonyl (C=O) groups is 2. The van der Waals surface area contributed by atoms with Crippen LogP contribution in [0.3, 0.4) is 0 Å². The molecule has 2 aliphatic heterocycles. The molecule has 2 heterocycles. The lowest BCUT2D eigenvalue weighted by molar-refractivity contribution is -0.123. The van der Waals surface area contributed by atoms with Crippen LogP contribution in [-0.2, 0) is 9.59 Å². The minimum Gasteiger partial charge on any atom is -0.289 e. The molecule has 1 aromatic rings. The number of imide groups is 1. The van der Waals surface area contributed by atoms with Crippen LogP contribution in [-0.4, -0.2) is 35.3 Å². The number of para-hydroxylation sites is 1. The van der Waals surface area contributed by atoms with E-state index >= 15 is 0 Å². The standard InChI is InChI=1S/C17H22N2O2/c1-2-13-8-6-7-11-18(13)15-12-16(20)19(17(15)21)14-9-4-3-5-10-14/h3-5,9-10,13,15H,2,6-8,11-12H2,1H3. The summed E-state index contributed by atoms with van der Waals surface area (Å²) in [6, 6.07) is 9.44. The van der Waals surface area contributed by atoms with Crippen LogP contribution < -0.4 is 4.90 Å². The molecule has 0 aliphatic carbocycles. The molecule has 0 radical (unpaired) electrons. The normalized spacial score (nSPS) is 27.4. The highest BCUT2D eigenvalue weighted by molar-refractivity contribution is 6.22. The van der Waals surface area contributed by atoms with Crippen molar-refractivity contribution in [2.24, 2.45) is 0 Å². The molecular weight excluding hydrogens is 264 g/mol. The Bertz CT molecular complexity index is 529. The van der Waals surface area contributed by atoms with Gasteiger partial charge in [-0.15, -0.1) is 0 Å². The molecule has 2 amide bonds. The molecule has 0 spiro atoms. The number of piperidine rings is 1. The summed E-state index contributed by atoms with van der Waals surface area (Å²) < 4.78 is 0. The molecule has 4 heteroatoms. The summed E-state index contributed by atoms with van der Waals surface area (Å²) in [5.74, 6) is -0.122. The van der Waals surface area contributed by atoms with E-state index in [2.05, 4.69) is 11.8 Å². The maximum Gasteiger partial charge on any atom is 0.251 e. The number of nitrogens with zero attached hydrogens (tertiary/aromatic N) is 2. The number of amides is 2. The van der Waals surface area contributed by atoms with Crippen molar-refractivity contribution in [1.29, 1.82) is 0 Å². The average molecular weight is 286 g/mol. The lowest BCUT2D eigenvalue weighted by atomic mass is 9.97. The van der Waals surface area contributed by atoms with Gasteiger partial charge in [0.2, 0.25) is 5.91 Å². The van der Waals surface area contributed by atoms with E-state index in [0.29, 0.717) is 18.2 Å². The Morgan fingerprint density at radius 1 is 1.14 bits per heavy atom. The Labute approximate surface area is 125 Å². The number of anilines is 1. The molecule has 2 unspecified atom stereocenters. The topological polar surface area (TPSA) is 40.6 Å². The fraction of sp³-hybridized carbons (Fsp3) is 0.529. The van der Waals surface area contributed by atoms with E-state index in [-0.39, 0.29) is 17.9 Å². The third-order valence-electron chi connectivity index (χ3n) is 4.68. The first-order valence-corrected chi connectivity index (χ1v) is 7.90. The molecule has 2 saturated heterocycles. The third-order valence-corrected chi connectivity index (χ3v) is 4.68. The second-order valence-corrected chi connectivity index (χ2v) is 5.92. The molecule has 0 bridgehead atoms. The molecule has 2 fully saturated rings. The fourth-order valence-electron chi connectivity index (χ4n) is 3.60. The van der Waals surface area contributed by atoms with Crippen molar-refractivity contribution in [1.82, 2.24) is 4.90 Å². The molecule has 4 nitrogen and oxygen atoms in total. The van der Waals surface area contributed by atoms with E-state index in [4.69, 9.17) is 0 Å². The highest BCUT2D eigenvalue weighted by Gasteiger charge is 2.44. The van der Waals surface area contributed by atoms with Gasteiger partial charge in [-0.25, -0.2) is 4.90 Å². The van der Waals surface area contributed by atoms with Crippen LogP contribution in [0.1, 0.15) is 39.0 Å². The molecule has 2 aliphatic rings. The summed E-state index contributed by atoms with van der Waals surface area (Å²) in [4.78, 5) is 28.7. The van der Waals surface area contributed by atoms with Crippen LogP contribution in [0.15, 0.2) is 30.3 Å². The Kier molecular flexibility index (Phi) is 4.06. The lowest BCUT2D eigenvalue weighted by Crippen LogP contribution is -2.49. The number of hydrogen-bond acceptors (Lipinski definition) is 3. The van der Waals surface area contributed by atoms with Gasteiger partial charge in [0.25, 0.3) is 5.91 Å². The first-order chi connectivity index (χ1) is 10.2. The Hall–Kier alpha value is -1.68. The second-order valence-electron chi connectivity index (χ2n) is 5.92. The zero-order chi connectivity index (χ0) is 14.8. The minimum absolute atomic E-state index is 0.0495. The van der Waals surface area contributed by atoms with E-state index < -0.39 is 0 Å². The van der Waals surface area contributed by atoms with Gasteiger partial charge in [0.15, 0.2) is 0 Å². The van der Waals surface area contributed by atoms with E-state index in [1.807, 2.05) is 30.3 Å². The summed E-state index contributed by atoms with van der Waals surface area (Å²) >= 11 is 0. The number of rotatable bonds is 3. The summed E-state index contributed by atoms with van der Waals surface area (Å²) in [6.45, 7) is 3.10. The van der Waals surface area contributed by atoms with Gasteiger partial charge in [-0.2, -0.15) is 0 Å². The van der Waals surface area contributed by atoms with Crippen molar-refractivity contribution >= 4 is 17.5 Å². The second kappa shape index (κ2) is 5.98. The van der Waals surface area contributed by atoms with Crippen LogP contribution >= 0.6 is 0 Å². The van der Waals surface area contributed by atoms with Gasteiger partial charge in [-0.3, -0.25) is 14.5 Å². The number of likely N-dealkylation sites (tertiary alicyclic amines) is 1. The van der Waals surface area contributed by atoms with Crippen molar-refractivity contribution in [3.05, 3.63) is 30.3 Å². The van der Waals surface area contributed by atoms with Crippen molar-refractivity contribution in [3.63, 3.8) is 0 Å². The van der Waals surface area contributed by atoms with Crippen LogP contribution in [0.5, 0.6) is 0 Å². The van der Waals surface area contributed by atoms with Crippen molar-refractivity contribution in [2.75, 3.05) is 11.4 Å². The number of hydrogen-bond donors (Lipinski definition) is 0. The molecule has 0 saturated carbocycles. The first-order valence-electron chi connectivity index (χ1n) is 7.90. The SMILES string of the molecule is CCC1CCCCN1C1CC(=O)N(c2ccccc2)C1=O. The Morgan fingerprint density at radius 2 is 1.90 bits per heavy atom. The van der Waals surface area contributed by atoms with Gasteiger partial charge in [-0.05, 0) is 37.9 Å². The van der Waals surface area contributed by atoms with Crippen LogP contribution in [0.2, 0.25) is 0 Å². The maximum absolute atomic E-state index is 12.7. The fourth-order valence-corrected chi connectivity index (χ4v) is 3.60. The lowest BCUT2D eigenvalue weighted by Gasteiger charge is -2.38. The van der Waals surface area contributed by atoms with Crippen molar-refractivity contribution in [2.45, 2.75) is 51.1 Å². The van der Waals surface area contributed by atoms with E-state index in [1.165, 1.54) is 11.3 Å². The van der Waals surface area contributed by atoms with Gasteiger partial charge in [-0.1, -0.05) is 31.5 Å². The quantitative estimate of drug-likeness (QED) is 0.802. The third kappa shape index (κ3) is 2.60. The van der Waals surface area contributed by atoms with Gasteiger partial charge in [0.1, 0.15) is 0 Å². The van der Waals surface area contributed by atoms with Crippen molar-refractivity contribution < 1.29 is 9.59 Å². The van der Waals surface area contributed by atoms with Crippen LogP contribution in [0.25, 0.3) is 0 Å². The average Bonchev–Trinajstić information content (AvgIpc) is 2.83. The predicted octanol–water partition coefficient (Wildman–Crippen LogP) is 2.58. The first kappa shape index (κ1) is 14.3. The molecule has 3 rings (SSSR count). The minimum atomic E-state index is -0.261. The van der Waals surface area contributed by atoms with E-state index in [1.54, 1.807) is 0 Å². The summed E-state index contributed by atoms with van der Waals surface area (Å²) in [5, 5.41) is 0. The number of benzene rings is 1. The zero-order valence-electron chi connectivity index (χ0n) is 12.5. The van der Waals surface area contributed by atoms with Crippen molar-refractivity contribution in [3.8, 4) is 0 Å². The summed E-state index contributed by atoms with van der Waals surface area (Å²) in [7, 11) is 0. The van der Waals surface area contributed by atoms with E-state index in [9.17, 15) is 9.59 Å².